The van der Waals surface area contributed by atoms with Crippen molar-refractivity contribution in [2.24, 2.45) is 0 Å². The Balaban J connectivity index is 2.16. The summed E-state index contributed by atoms with van der Waals surface area (Å²) >= 11 is 0. The molecule has 0 amide bonds. The van der Waals surface area contributed by atoms with Crippen molar-refractivity contribution in [2.75, 3.05) is 13.1 Å². The van der Waals surface area contributed by atoms with E-state index < -0.39 is 11.6 Å². The highest BCUT2D eigenvalue weighted by atomic mass is 19.1. The molecule has 2 nitrogen and oxygen atoms in total. The monoisotopic (exact) mass is 296 g/mol. The smallest absolute Gasteiger partial charge is 0.130 e. The maximum Gasteiger partial charge on any atom is 0.130 e. The van der Waals surface area contributed by atoms with E-state index in [0.29, 0.717) is 18.2 Å². The second-order valence-corrected chi connectivity index (χ2v) is 6.33. The van der Waals surface area contributed by atoms with E-state index in [1.165, 1.54) is 6.07 Å². The van der Waals surface area contributed by atoms with Gasteiger partial charge in [0, 0.05) is 42.8 Å². The fourth-order valence-electron chi connectivity index (χ4n) is 3.03. The van der Waals surface area contributed by atoms with Crippen LogP contribution in [0.15, 0.2) is 18.2 Å². The largest absolute Gasteiger partial charge is 0.311 e. The summed E-state index contributed by atoms with van der Waals surface area (Å²) in [6.45, 7) is 8.92. The van der Waals surface area contributed by atoms with Gasteiger partial charge in [-0.3, -0.25) is 4.90 Å². The van der Waals surface area contributed by atoms with Crippen LogP contribution in [0, 0.1) is 11.6 Å². The van der Waals surface area contributed by atoms with E-state index in [2.05, 4.69) is 31.0 Å². The topological polar surface area (TPSA) is 15.3 Å². The summed E-state index contributed by atoms with van der Waals surface area (Å²) in [6.07, 6.45) is 3.27. The first-order valence-corrected chi connectivity index (χ1v) is 7.91. The molecule has 1 fully saturated rings. The highest BCUT2D eigenvalue weighted by molar-refractivity contribution is 5.19. The molecule has 1 aliphatic rings. The molecule has 4 heteroatoms. The van der Waals surface area contributed by atoms with E-state index in [4.69, 9.17) is 0 Å². The Bertz CT molecular complexity index is 478. The average molecular weight is 296 g/mol. The third kappa shape index (κ3) is 3.80. The summed E-state index contributed by atoms with van der Waals surface area (Å²) in [6, 6.07) is 4.34. The Morgan fingerprint density at radius 3 is 2.71 bits per heavy atom. The standard InChI is InChI=1S/C17H26F2N2/c1-4-6-15-11-21(17(3,5-2)12-20-15)10-13-7-8-14(18)9-16(13)19/h7-9,15,20H,4-6,10-12H2,1-3H3. The lowest BCUT2D eigenvalue weighted by Gasteiger charge is -2.48. The predicted octanol–water partition coefficient (Wildman–Crippen LogP) is 3.71. The molecule has 1 aliphatic heterocycles. The van der Waals surface area contributed by atoms with Crippen molar-refractivity contribution in [2.45, 2.75) is 58.2 Å². The van der Waals surface area contributed by atoms with Crippen LogP contribution in [0.5, 0.6) is 0 Å². The van der Waals surface area contributed by atoms with E-state index in [1.807, 2.05) is 0 Å². The number of piperazine rings is 1. The molecule has 1 N–H and O–H groups in total. The van der Waals surface area contributed by atoms with Gasteiger partial charge in [-0.15, -0.1) is 0 Å². The number of halogens is 2. The number of rotatable bonds is 5. The molecular weight excluding hydrogens is 270 g/mol. The van der Waals surface area contributed by atoms with Crippen LogP contribution in [0.4, 0.5) is 8.78 Å². The van der Waals surface area contributed by atoms with Gasteiger partial charge >= 0.3 is 0 Å². The first kappa shape index (κ1) is 16.4. The van der Waals surface area contributed by atoms with Gasteiger partial charge < -0.3 is 5.32 Å². The zero-order chi connectivity index (χ0) is 15.5. The number of hydrogen-bond acceptors (Lipinski definition) is 2. The third-order valence-corrected chi connectivity index (χ3v) is 4.75. The fraction of sp³-hybridized carbons (Fsp3) is 0.647. The summed E-state index contributed by atoms with van der Waals surface area (Å²) in [5.74, 6) is -0.960. The maximum absolute atomic E-state index is 13.9. The molecule has 2 unspecified atom stereocenters. The lowest BCUT2D eigenvalue weighted by molar-refractivity contribution is 0.0388. The van der Waals surface area contributed by atoms with Gasteiger partial charge in [-0.05, 0) is 25.8 Å². The highest BCUT2D eigenvalue weighted by Crippen LogP contribution is 2.27. The molecule has 0 saturated carbocycles. The molecule has 0 radical (unpaired) electrons. The predicted molar refractivity (Wildman–Crippen MR) is 82.2 cm³/mol. The van der Waals surface area contributed by atoms with Crippen LogP contribution in [0.25, 0.3) is 0 Å². The SMILES string of the molecule is CCCC1CN(Cc2ccc(F)cc2F)C(C)(CC)CN1. The van der Waals surface area contributed by atoms with Gasteiger partial charge in [-0.25, -0.2) is 8.78 Å². The maximum atomic E-state index is 13.9. The average Bonchev–Trinajstić information content (AvgIpc) is 2.46. The van der Waals surface area contributed by atoms with E-state index in [1.54, 1.807) is 6.07 Å². The molecule has 0 bridgehead atoms. The molecule has 2 atom stereocenters. The van der Waals surface area contributed by atoms with E-state index in [-0.39, 0.29) is 5.54 Å². The second-order valence-electron chi connectivity index (χ2n) is 6.33. The number of hydrogen-bond donors (Lipinski definition) is 1. The lowest BCUT2D eigenvalue weighted by Crippen LogP contribution is -2.62. The Labute approximate surface area is 126 Å². The highest BCUT2D eigenvalue weighted by Gasteiger charge is 2.36. The Morgan fingerprint density at radius 1 is 1.33 bits per heavy atom. The first-order valence-electron chi connectivity index (χ1n) is 7.91. The zero-order valence-corrected chi connectivity index (χ0v) is 13.3. The summed E-state index contributed by atoms with van der Waals surface area (Å²) in [4.78, 5) is 2.35. The molecule has 1 heterocycles. The molecule has 0 aromatic heterocycles. The van der Waals surface area contributed by atoms with Crippen LogP contribution in [0.1, 0.15) is 45.6 Å². The van der Waals surface area contributed by atoms with Crippen LogP contribution < -0.4 is 5.32 Å². The van der Waals surface area contributed by atoms with Crippen molar-refractivity contribution in [3.05, 3.63) is 35.4 Å². The fourth-order valence-corrected chi connectivity index (χ4v) is 3.03. The summed E-state index contributed by atoms with van der Waals surface area (Å²) in [5.41, 5.74) is 0.596. The van der Waals surface area contributed by atoms with Crippen molar-refractivity contribution in [1.29, 1.82) is 0 Å². The molecule has 0 spiro atoms. The van der Waals surface area contributed by atoms with Crippen molar-refractivity contribution in [3.8, 4) is 0 Å². The summed E-state index contributed by atoms with van der Waals surface area (Å²) in [5, 5.41) is 3.61. The van der Waals surface area contributed by atoms with Gasteiger partial charge in [-0.2, -0.15) is 0 Å². The van der Waals surface area contributed by atoms with Crippen molar-refractivity contribution in [3.63, 3.8) is 0 Å². The Kier molecular flexibility index (Phi) is 5.33. The van der Waals surface area contributed by atoms with Crippen LogP contribution >= 0.6 is 0 Å². The third-order valence-electron chi connectivity index (χ3n) is 4.75. The van der Waals surface area contributed by atoms with Gasteiger partial charge in [0.15, 0.2) is 0 Å². The lowest BCUT2D eigenvalue weighted by atomic mass is 9.90. The van der Waals surface area contributed by atoms with Crippen LogP contribution in [0.3, 0.4) is 0 Å². The van der Waals surface area contributed by atoms with Gasteiger partial charge in [0.2, 0.25) is 0 Å². The van der Waals surface area contributed by atoms with Crippen molar-refractivity contribution < 1.29 is 8.78 Å². The van der Waals surface area contributed by atoms with Gasteiger partial charge in [-0.1, -0.05) is 26.3 Å². The normalized spacial score (nSPS) is 27.0. The number of nitrogens with zero attached hydrogens (tertiary/aromatic N) is 1. The Hall–Kier alpha value is -1.00. The van der Waals surface area contributed by atoms with Crippen molar-refractivity contribution in [1.82, 2.24) is 10.2 Å². The van der Waals surface area contributed by atoms with Crippen LogP contribution in [0.2, 0.25) is 0 Å². The van der Waals surface area contributed by atoms with Gasteiger partial charge in [0.1, 0.15) is 11.6 Å². The van der Waals surface area contributed by atoms with Crippen LogP contribution in [-0.2, 0) is 6.54 Å². The summed E-state index contributed by atoms with van der Waals surface area (Å²) in [7, 11) is 0. The zero-order valence-electron chi connectivity index (χ0n) is 13.3. The van der Waals surface area contributed by atoms with Gasteiger partial charge in [0.05, 0.1) is 0 Å². The molecule has 0 aliphatic carbocycles. The number of nitrogens with one attached hydrogen (secondary N) is 1. The quantitative estimate of drug-likeness (QED) is 0.891. The van der Waals surface area contributed by atoms with Gasteiger partial charge in [0.25, 0.3) is 0 Å². The molecule has 1 saturated heterocycles. The molecule has 21 heavy (non-hydrogen) atoms. The van der Waals surface area contributed by atoms with Crippen molar-refractivity contribution >= 4 is 0 Å². The van der Waals surface area contributed by atoms with E-state index in [9.17, 15) is 8.78 Å². The summed E-state index contributed by atoms with van der Waals surface area (Å²) < 4.78 is 27.0. The molecule has 2 rings (SSSR count). The minimum absolute atomic E-state index is 0.0189. The Morgan fingerprint density at radius 2 is 2.10 bits per heavy atom. The van der Waals surface area contributed by atoms with E-state index >= 15 is 0 Å². The van der Waals surface area contributed by atoms with Crippen LogP contribution in [-0.4, -0.2) is 29.6 Å². The molecule has 1 aromatic carbocycles. The minimum atomic E-state index is -0.515. The number of benzene rings is 1. The second kappa shape index (κ2) is 6.84. The van der Waals surface area contributed by atoms with E-state index in [0.717, 1.165) is 38.4 Å². The first-order chi connectivity index (χ1) is 9.98. The molecule has 1 aromatic rings. The molecule has 118 valence electrons. The minimum Gasteiger partial charge on any atom is -0.311 e. The molecular formula is C17H26F2N2.